The van der Waals surface area contributed by atoms with Crippen LogP contribution < -0.4 is 26.6 Å². The van der Waals surface area contributed by atoms with Crippen LogP contribution in [0.1, 0.15) is 168 Å². The Labute approximate surface area is 541 Å². The van der Waals surface area contributed by atoms with Gasteiger partial charge in [0, 0.05) is 50.9 Å². The van der Waals surface area contributed by atoms with Crippen molar-refractivity contribution < 1.29 is 71.9 Å². The summed E-state index contributed by atoms with van der Waals surface area (Å²) < 4.78 is 27.3. The lowest BCUT2D eigenvalue weighted by molar-refractivity contribution is -0.150. The highest BCUT2D eigenvalue weighted by atomic mass is 16.6. The SMILES string of the molecule is CCOC(=O)[C@@]12C[C@H]1/C=C\CCCCC[C@H](NC(=O)OC(C)(C)C)C(=O)N1C[C@H](O)C[C@H]1C(=O)N2.CCOC(=O)[C@@]12C[C@H]1/C=C\CCCCC[C@H](NC(=O)OC(C)(C)C)C(=O)N1C[C@H](OC(=O)N3CCc4ccccc4C3)C[C@H]1C(=O)N2.c1ccc2c(c1)CCNC2. The zero-order valence-corrected chi connectivity index (χ0v) is 55.0. The summed E-state index contributed by atoms with van der Waals surface area (Å²) in [6.45, 7) is 17.2. The average Bonchev–Trinajstić information content (AvgIpc) is 1.59. The van der Waals surface area contributed by atoms with Crippen LogP contribution in [-0.4, -0.2) is 172 Å². The number of fused-ring (bicyclic) bond motifs is 6. The second kappa shape index (κ2) is 31.4. The van der Waals surface area contributed by atoms with Gasteiger partial charge in [-0.1, -0.05) is 98.5 Å². The van der Waals surface area contributed by atoms with Crippen molar-refractivity contribution in [2.24, 2.45) is 11.8 Å². The zero-order chi connectivity index (χ0) is 66.4. The van der Waals surface area contributed by atoms with Crippen molar-refractivity contribution in [3.63, 3.8) is 0 Å². The summed E-state index contributed by atoms with van der Waals surface area (Å²) in [5.41, 5.74) is 1.35. The van der Waals surface area contributed by atoms with E-state index in [1.54, 1.807) is 60.3 Å². The Hall–Kier alpha value is -7.53. The lowest BCUT2D eigenvalue weighted by atomic mass is 10.0. The summed E-state index contributed by atoms with van der Waals surface area (Å²) in [5, 5.41) is 24.8. The predicted molar refractivity (Wildman–Crippen MR) is 341 cm³/mol. The topological polar surface area (TPSA) is 290 Å². The molecule has 8 aliphatic rings. The van der Waals surface area contributed by atoms with Gasteiger partial charge in [0.1, 0.15) is 52.6 Å². The maximum atomic E-state index is 14.2. The molecule has 2 aliphatic carbocycles. The predicted octanol–water partition coefficient (Wildman–Crippen LogP) is 7.13. The number of allylic oxidation sites excluding steroid dienone is 2. The summed E-state index contributed by atoms with van der Waals surface area (Å²) in [7, 11) is 0. The Morgan fingerprint density at radius 1 is 0.620 bits per heavy atom. The van der Waals surface area contributed by atoms with Gasteiger partial charge in [0.2, 0.25) is 23.6 Å². The molecule has 0 bridgehead atoms. The largest absolute Gasteiger partial charge is 0.464 e. The number of benzene rings is 2. The molecule has 23 nitrogen and oxygen atoms in total. The van der Waals surface area contributed by atoms with E-state index in [-0.39, 0.29) is 51.0 Å². The van der Waals surface area contributed by atoms with E-state index in [1.165, 1.54) is 32.9 Å². The van der Waals surface area contributed by atoms with Gasteiger partial charge in [-0.15, -0.1) is 0 Å². The van der Waals surface area contributed by atoms with Crippen LogP contribution in [0.5, 0.6) is 0 Å². The molecule has 6 N–H and O–H groups in total. The van der Waals surface area contributed by atoms with E-state index in [0.717, 1.165) is 57.2 Å². The molecule has 2 saturated carbocycles. The van der Waals surface area contributed by atoms with E-state index in [9.17, 15) is 48.3 Å². The quantitative estimate of drug-likeness (QED) is 0.0913. The second-order valence-corrected chi connectivity index (χ2v) is 27.3. The van der Waals surface area contributed by atoms with Gasteiger partial charge in [0.15, 0.2) is 0 Å². The van der Waals surface area contributed by atoms with Crippen LogP contribution in [0.3, 0.4) is 0 Å². The molecule has 10 atom stereocenters. The number of rotatable bonds is 7. The monoisotopic (exact) mass is 1280 g/mol. The first-order valence-electron chi connectivity index (χ1n) is 33.2. The molecular formula is C69H98N8O15. The van der Waals surface area contributed by atoms with Crippen molar-refractivity contribution in [1.82, 2.24) is 41.3 Å². The Balaban J connectivity index is 0.000000211. The lowest BCUT2D eigenvalue weighted by Crippen LogP contribution is -2.56. The Kier molecular flexibility index (Phi) is 24.0. The molecule has 2 aromatic carbocycles. The molecule has 23 heteroatoms. The summed E-state index contributed by atoms with van der Waals surface area (Å²) in [4.78, 5) is 124. The van der Waals surface area contributed by atoms with Crippen molar-refractivity contribution >= 4 is 53.8 Å². The molecule has 6 aliphatic heterocycles. The Morgan fingerprint density at radius 2 is 1.10 bits per heavy atom. The Morgan fingerprint density at radius 3 is 1.60 bits per heavy atom. The molecule has 504 valence electrons. The number of aliphatic hydroxyl groups is 1. The number of aliphatic hydroxyl groups excluding tert-OH is 1. The number of amides is 7. The average molecular weight is 1280 g/mol. The Bertz CT molecular complexity index is 3010. The van der Waals surface area contributed by atoms with E-state index in [2.05, 4.69) is 56.9 Å². The number of alkyl carbamates (subject to hydrolysis) is 2. The minimum Gasteiger partial charge on any atom is -0.464 e. The van der Waals surface area contributed by atoms with E-state index in [4.69, 9.17) is 23.7 Å². The number of carbonyl (C=O) groups is 9. The molecular weight excluding hydrogens is 1180 g/mol. The summed E-state index contributed by atoms with van der Waals surface area (Å²) in [5.74, 6) is -3.35. The van der Waals surface area contributed by atoms with Crippen LogP contribution in [0.25, 0.3) is 0 Å². The van der Waals surface area contributed by atoms with Crippen LogP contribution in [0.15, 0.2) is 72.8 Å². The first kappa shape index (κ1) is 70.3. The number of carbonyl (C=O) groups excluding carboxylic acids is 9. The third-order valence-electron chi connectivity index (χ3n) is 17.8. The van der Waals surface area contributed by atoms with Crippen LogP contribution >= 0.6 is 0 Å². The number of hydrogen-bond donors (Lipinski definition) is 6. The lowest BCUT2D eigenvalue weighted by Gasteiger charge is -2.30. The number of hydrogen-bond acceptors (Lipinski definition) is 16. The molecule has 0 unspecified atom stereocenters. The fourth-order valence-corrected chi connectivity index (χ4v) is 12.9. The van der Waals surface area contributed by atoms with Gasteiger partial charge < -0.3 is 70.1 Å². The van der Waals surface area contributed by atoms with Gasteiger partial charge in [-0.05, 0) is 148 Å². The highest BCUT2D eigenvalue weighted by Gasteiger charge is 2.63. The fraction of sp³-hybridized carbons (Fsp3) is 0.638. The van der Waals surface area contributed by atoms with Gasteiger partial charge >= 0.3 is 30.2 Å². The number of nitrogens with zero attached hydrogens (tertiary/aromatic N) is 3. The van der Waals surface area contributed by atoms with Crippen LogP contribution in [0.4, 0.5) is 14.4 Å². The molecule has 6 heterocycles. The molecule has 4 fully saturated rings. The third-order valence-corrected chi connectivity index (χ3v) is 17.8. The van der Waals surface area contributed by atoms with E-state index < -0.39 is 113 Å². The molecule has 10 rings (SSSR count). The van der Waals surface area contributed by atoms with Crippen molar-refractivity contribution in [1.29, 1.82) is 0 Å². The van der Waals surface area contributed by atoms with Crippen molar-refractivity contribution in [2.45, 2.75) is 230 Å². The molecule has 2 aromatic rings. The molecule has 0 radical (unpaired) electrons. The first-order chi connectivity index (χ1) is 43.8. The molecule has 7 amide bonds. The maximum absolute atomic E-state index is 14.2. The van der Waals surface area contributed by atoms with Gasteiger partial charge in [0.05, 0.1) is 25.9 Å². The standard InChI is InChI=1S/C35H48N4O8.C25H39N3O7.C9H11N/c1-5-45-31(42)35-20-25(35)15-9-7-6-8-10-16-27(36-32(43)47-34(2,3)4)30(41)39-22-26(19-28(39)29(40)37-35)46-33(44)38-18-17-23-13-11-12-14-24(23)21-38;1-5-34-22(32)25-14-16(25)11-9-7-6-8-10-12-18(26-23(33)35-24(2,3)4)21(31)28-15-17(29)13-19(28)20(30)27-25;1-2-4-9-7-10-6-5-8(9)3-1/h9,11-15,25-28H,5-8,10,16-22H2,1-4H3,(H,36,43)(H,37,40);9,11,16-19,29H,5-8,10,12-15H2,1-4H3,(H,26,33)(H,27,30);1-4,10H,5-7H2/b15-9-;11-9-;/t25-,26-,27+,28+,35-;16-,17-,18+,19+,25-;/m11./s1. The maximum Gasteiger partial charge on any atom is 0.410 e. The normalized spacial score (nSPS) is 28.9. The molecule has 2 saturated heterocycles. The smallest absolute Gasteiger partial charge is 0.410 e. The van der Waals surface area contributed by atoms with Crippen molar-refractivity contribution in [2.75, 3.05) is 39.4 Å². The van der Waals surface area contributed by atoms with Gasteiger partial charge in [-0.2, -0.15) is 0 Å². The molecule has 92 heavy (non-hydrogen) atoms. The number of esters is 2. The highest BCUT2D eigenvalue weighted by molar-refractivity contribution is 5.98. The van der Waals surface area contributed by atoms with Crippen molar-refractivity contribution in [3.05, 3.63) is 95.1 Å². The van der Waals surface area contributed by atoms with Crippen LogP contribution in [0, 0.1) is 11.8 Å². The second-order valence-electron chi connectivity index (χ2n) is 27.3. The third kappa shape index (κ3) is 18.8. The minimum atomic E-state index is -1.22. The van der Waals surface area contributed by atoms with Gasteiger partial charge in [-0.3, -0.25) is 19.2 Å². The molecule has 0 aromatic heterocycles. The van der Waals surface area contributed by atoms with Gasteiger partial charge in [0.25, 0.3) is 0 Å². The highest BCUT2D eigenvalue weighted by Crippen LogP contribution is 2.47. The summed E-state index contributed by atoms with van der Waals surface area (Å²) in [6, 6.07) is 12.7. The number of nitrogens with one attached hydrogen (secondary N) is 5. The van der Waals surface area contributed by atoms with Gasteiger partial charge in [-0.25, -0.2) is 24.0 Å². The summed E-state index contributed by atoms with van der Waals surface area (Å²) in [6.07, 6.45) is 14.3. The van der Waals surface area contributed by atoms with Crippen LogP contribution in [0.2, 0.25) is 0 Å². The molecule has 0 spiro atoms. The van der Waals surface area contributed by atoms with E-state index in [1.807, 2.05) is 42.5 Å². The van der Waals surface area contributed by atoms with Crippen molar-refractivity contribution in [3.8, 4) is 0 Å². The summed E-state index contributed by atoms with van der Waals surface area (Å²) >= 11 is 0. The first-order valence-corrected chi connectivity index (χ1v) is 33.2. The zero-order valence-electron chi connectivity index (χ0n) is 55.0. The number of ether oxygens (including phenoxy) is 5. The van der Waals surface area contributed by atoms with Crippen LogP contribution in [-0.2, 0) is 78.4 Å². The minimum absolute atomic E-state index is 0.0286. The fourth-order valence-electron chi connectivity index (χ4n) is 12.9. The van der Waals surface area contributed by atoms with E-state index >= 15 is 0 Å². The van der Waals surface area contributed by atoms with E-state index in [0.29, 0.717) is 58.0 Å².